The van der Waals surface area contributed by atoms with Crippen LogP contribution in [0.3, 0.4) is 0 Å². The maximum absolute atomic E-state index is 11.8. The summed E-state index contributed by atoms with van der Waals surface area (Å²) < 4.78 is 0. The fourth-order valence-electron chi connectivity index (χ4n) is 1.17. The number of nitrogens with zero attached hydrogens (tertiary/aromatic N) is 1. The Kier molecular flexibility index (Phi) is 6.64. The van der Waals surface area contributed by atoms with Gasteiger partial charge in [-0.15, -0.1) is 0 Å². The van der Waals surface area contributed by atoms with Crippen LogP contribution in [0.4, 0.5) is 0 Å². The Morgan fingerprint density at radius 2 is 2.00 bits per heavy atom. The molecule has 0 aromatic rings. The number of carbonyl (C=O) groups is 2. The van der Waals surface area contributed by atoms with E-state index in [1.807, 2.05) is 13.8 Å². The summed E-state index contributed by atoms with van der Waals surface area (Å²) in [4.78, 5) is 24.8. The molecule has 0 radical (unpaired) electrons. The molecule has 3 N–H and O–H groups in total. The molecule has 0 aromatic heterocycles. The van der Waals surface area contributed by atoms with Crippen LogP contribution in [-0.2, 0) is 9.59 Å². The summed E-state index contributed by atoms with van der Waals surface area (Å²) in [6, 6.07) is 0. The summed E-state index contributed by atoms with van der Waals surface area (Å²) in [5.41, 5.74) is 5.40. The minimum absolute atomic E-state index is 0.0517. The van der Waals surface area contributed by atoms with Crippen molar-refractivity contribution in [2.75, 3.05) is 19.6 Å². The van der Waals surface area contributed by atoms with Crippen LogP contribution in [0.1, 0.15) is 20.8 Å². The first kappa shape index (κ1) is 14.8. The Morgan fingerprint density at radius 1 is 1.44 bits per heavy atom. The number of rotatable bonds is 6. The van der Waals surface area contributed by atoms with E-state index in [9.17, 15) is 9.59 Å². The summed E-state index contributed by atoms with van der Waals surface area (Å²) in [6.07, 6.45) is 0. The lowest BCUT2D eigenvalue weighted by Crippen LogP contribution is -2.45. The van der Waals surface area contributed by atoms with Crippen molar-refractivity contribution in [1.29, 1.82) is 0 Å². The third-order valence-corrected chi connectivity index (χ3v) is 2.55. The summed E-state index contributed by atoms with van der Waals surface area (Å²) in [7, 11) is 0. The number of carbonyl (C=O) groups excluding carboxylic acids is 2. The molecule has 1 atom stereocenters. The summed E-state index contributed by atoms with van der Waals surface area (Å²) in [5.74, 6) is -0.904. The molecule has 92 valence electrons. The minimum atomic E-state index is -0.524. The van der Waals surface area contributed by atoms with E-state index in [4.69, 9.17) is 18.0 Å². The van der Waals surface area contributed by atoms with Gasteiger partial charge in [-0.1, -0.05) is 12.2 Å². The molecule has 5 nitrogen and oxygen atoms in total. The van der Waals surface area contributed by atoms with Crippen molar-refractivity contribution in [3.63, 3.8) is 0 Å². The molecular formula is C10H19N3O2S. The van der Waals surface area contributed by atoms with Crippen LogP contribution < -0.4 is 11.1 Å². The molecule has 6 heteroatoms. The molecule has 0 rings (SSSR count). The van der Waals surface area contributed by atoms with Crippen LogP contribution in [0.5, 0.6) is 0 Å². The molecule has 0 heterocycles. The Bertz CT molecular complexity index is 281. The molecule has 0 saturated carbocycles. The third kappa shape index (κ3) is 4.57. The second-order valence-electron chi connectivity index (χ2n) is 3.43. The number of thiocarbonyl (C=S) groups is 1. The van der Waals surface area contributed by atoms with Crippen LogP contribution in [-0.4, -0.2) is 41.3 Å². The standard InChI is InChI=1S/C10H19N3O2S/c1-4-12-8(14)6-13(5-2)10(15)7(3)9(11)16/h7H,4-6H2,1-3H3,(H2,11,16)(H,12,14). The van der Waals surface area contributed by atoms with Crippen LogP contribution in [0, 0.1) is 5.92 Å². The van der Waals surface area contributed by atoms with E-state index in [-0.39, 0.29) is 23.3 Å². The lowest BCUT2D eigenvalue weighted by atomic mass is 10.1. The van der Waals surface area contributed by atoms with Gasteiger partial charge in [0.15, 0.2) is 0 Å². The average molecular weight is 245 g/mol. The molecule has 0 saturated heterocycles. The molecule has 0 aromatic carbocycles. The van der Waals surface area contributed by atoms with E-state index in [2.05, 4.69) is 5.32 Å². The highest BCUT2D eigenvalue weighted by Crippen LogP contribution is 2.02. The van der Waals surface area contributed by atoms with Gasteiger partial charge in [0.25, 0.3) is 0 Å². The van der Waals surface area contributed by atoms with Gasteiger partial charge in [0, 0.05) is 13.1 Å². The molecule has 16 heavy (non-hydrogen) atoms. The van der Waals surface area contributed by atoms with Gasteiger partial charge in [-0.05, 0) is 20.8 Å². The zero-order valence-corrected chi connectivity index (χ0v) is 10.8. The quantitative estimate of drug-likeness (QED) is 0.640. The molecular weight excluding hydrogens is 226 g/mol. The van der Waals surface area contributed by atoms with Crippen LogP contribution in [0.25, 0.3) is 0 Å². The SMILES string of the molecule is CCNC(=O)CN(CC)C(=O)C(C)C(N)=S. The predicted molar refractivity (Wildman–Crippen MR) is 66.9 cm³/mol. The summed E-state index contributed by atoms with van der Waals surface area (Å²) in [6.45, 7) is 6.34. The van der Waals surface area contributed by atoms with Crippen molar-refractivity contribution in [2.24, 2.45) is 11.7 Å². The predicted octanol–water partition coefficient (Wildman–Crippen LogP) is -0.107. The highest BCUT2D eigenvalue weighted by Gasteiger charge is 2.22. The van der Waals surface area contributed by atoms with Crippen molar-refractivity contribution < 1.29 is 9.59 Å². The Labute approximate surface area is 101 Å². The van der Waals surface area contributed by atoms with Gasteiger partial charge in [0.2, 0.25) is 11.8 Å². The first-order valence-electron chi connectivity index (χ1n) is 5.28. The van der Waals surface area contributed by atoms with Crippen molar-refractivity contribution in [3.05, 3.63) is 0 Å². The maximum Gasteiger partial charge on any atom is 0.239 e. The lowest BCUT2D eigenvalue weighted by Gasteiger charge is -2.23. The third-order valence-electron chi connectivity index (χ3n) is 2.20. The topological polar surface area (TPSA) is 75.4 Å². The monoisotopic (exact) mass is 245 g/mol. The van der Waals surface area contributed by atoms with Gasteiger partial charge in [0.1, 0.15) is 0 Å². The van der Waals surface area contributed by atoms with Gasteiger partial charge in [0.05, 0.1) is 17.5 Å². The highest BCUT2D eigenvalue weighted by atomic mass is 32.1. The summed E-state index contributed by atoms with van der Waals surface area (Å²) >= 11 is 4.76. The second-order valence-corrected chi connectivity index (χ2v) is 3.90. The van der Waals surface area contributed by atoms with Crippen molar-refractivity contribution in [3.8, 4) is 0 Å². The van der Waals surface area contributed by atoms with E-state index in [0.29, 0.717) is 13.1 Å². The van der Waals surface area contributed by atoms with E-state index in [1.54, 1.807) is 6.92 Å². The first-order chi connectivity index (χ1) is 7.43. The van der Waals surface area contributed by atoms with Crippen LogP contribution in [0.15, 0.2) is 0 Å². The average Bonchev–Trinajstić information content (AvgIpc) is 2.24. The number of hydrogen-bond acceptors (Lipinski definition) is 3. The Morgan fingerprint density at radius 3 is 2.38 bits per heavy atom. The van der Waals surface area contributed by atoms with Gasteiger partial charge >= 0.3 is 0 Å². The van der Waals surface area contributed by atoms with E-state index in [1.165, 1.54) is 4.90 Å². The molecule has 0 aliphatic rings. The van der Waals surface area contributed by atoms with Crippen LogP contribution >= 0.6 is 12.2 Å². The zero-order chi connectivity index (χ0) is 12.7. The van der Waals surface area contributed by atoms with E-state index in [0.717, 1.165) is 0 Å². The van der Waals surface area contributed by atoms with Gasteiger partial charge in [-0.2, -0.15) is 0 Å². The van der Waals surface area contributed by atoms with Crippen molar-refractivity contribution in [1.82, 2.24) is 10.2 Å². The van der Waals surface area contributed by atoms with Gasteiger partial charge < -0.3 is 16.0 Å². The largest absolute Gasteiger partial charge is 0.393 e. The normalized spacial score (nSPS) is 11.7. The molecule has 0 aliphatic heterocycles. The number of hydrogen-bond donors (Lipinski definition) is 2. The number of nitrogens with two attached hydrogens (primary N) is 1. The van der Waals surface area contributed by atoms with E-state index >= 15 is 0 Å². The van der Waals surface area contributed by atoms with E-state index < -0.39 is 5.92 Å². The van der Waals surface area contributed by atoms with Crippen molar-refractivity contribution >= 4 is 29.0 Å². The summed E-state index contributed by atoms with van der Waals surface area (Å²) in [5, 5.41) is 2.64. The van der Waals surface area contributed by atoms with Crippen molar-refractivity contribution in [2.45, 2.75) is 20.8 Å². The molecule has 2 amide bonds. The minimum Gasteiger partial charge on any atom is -0.393 e. The zero-order valence-electron chi connectivity index (χ0n) is 9.95. The highest BCUT2D eigenvalue weighted by molar-refractivity contribution is 7.80. The van der Waals surface area contributed by atoms with Gasteiger partial charge in [-0.25, -0.2) is 0 Å². The van der Waals surface area contributed by atoms with Crippen LogP contribution in [0.2, 0.25) is 0 Å². The number of likely N-dealkylation sites (N-methyl/N-ethyl adjacent to an activating group) is 2. The first-order valence-corrected chi connectivity index (χ1v) is 5.69. The fourth-order valence-corrected chi connectivity index (χ4v) is 1.27. The van der Waals surface area contributed by atoms with Gasteiger partial charge in [-0.3, -0.25) is 9.59 Å². The second kappa shape index (κ2) is 7.16. The molecule has 1 unspecified atom stereocenters. The smallest absolute Gasteiger partial charge is 0.239 e. The number of nitrogens with one attached hydrogen (secondary N) is 1. The lowest BCUT2D eigenvalue weighted by molar-refractivity contribution is -0.137. The number of amides is 2. The molecule has 0 bridgehead atoms. The molecule has 0 fully saturated rings. The fraction of sp³-hybridized carbons (Fsp3) is 0.700. The maximum atomic E-state index is 11.8. The molecule has 0 aliphatic carbocycles. The Hall–Kier alpha value is -1.17. The molecule has 0 spiro atoms. The Balaban J connectivity index is 4.43.